The minimum atomic E-state index is -0.227. The second-order valence-electron chi connectivity index (χ2n) is 4.64. The van der Waals surface area contributed by atoms with E-state index in [1.165, 1.54) is 0 Å². The summed E-state index contributed by atoms with van der Waals surface area (Å²) in [4.78, 5) is 0.0367. The van der Waals surface area contributed by atoms with Crippen LogP contribution in [0.25, 0.3) is 0 Å². The van der Waals surface area contributed by atoms with Gasteiger partial charge in [-0.3, -0.25) is 0 Å². The summed E-state index contributed by atoms with van der Waals surface area (Å²) in [5, 5.41) is 0. The Bertz CT molecular complexity index is 292. The molecule has 14 heavy (non-hydrogen) atoms. The van der Waals surface area contributed by atoms with E-state index in [2.05, 4.69) is 29.8 Å². The van der Waals surface area contributed by atoms with Crippen molar-refractivity contribution in [1.82, 2.24) is 0 Å². The summed E-state index contributed by atoms with van der Waals surface area (Å²) in [5.41, 5.74) is 1.23. The molecule has 0 aromatic carbocycles. The van der Waals surface area contributed by atoms with Gasteiger partial charge < -0.3 is 4.74 Å². The lowest BCUT2D eigenvalue weighted by Gasteiger charge is -2.36. The standard InChI is InChI=1S/C10H13BrCl2O/c1-8(13)6-9(2)10(14-9,3-4-12)5-7(8)11/h3-4,7H,5-6H2,1-2H3. The van der Waals surface area contributed by atoms with E-state index in [0.29, 0.717) is 0 Å². The first-order valence-electron chi connectivity index (χ1n) is 4.66. The SMILES string of the molecule is CC1(Cl)CC2(C)OC2(C=CCl)CC1Br. The Kier molecular flexibility index (Phi) is 2.51. The van der Waals surface area contributed by atoms with Crippen LogP contribution >= 0.6 is 39.1 Å². The first kappa shape index (κ1) is 11.3. The van der Waals surface area contributed by atoms with Crippen LogP contribution < -0.4 is 0 Å². The van der Waals surface area contributed by atoms with Crippen molar-refractivity contribution in [1.29, 1.82) is 0 Å². The van der Waals surface area contributed by atoms with Gasteiger partial charge in [-0.1, -0.05) is 27.5 Å². The number of epoxide rings is 1. The van der Waals surface area contributed by atoms with Crippen molar-refractivity contribution < 1.29 is 4.74 Å². The van der Waals surface area contributed by atoms with Crippen molar-refractivity contribution in [3.8, 4) is 0 Å². The molecule has 1 saturated carbocycles. The predicted molar refractivity (Wildman–Crippen MR) is 63.4 cm³/mol. The van der Waals surface area contributed by atoms with Crippen LogP contribution in [-0.2, 0) is 4.74 Å². The van der Waals surface area contributed by atoms with E-state index in [-0.39, 0.29) is 20.9 Å². The third-order valence-corrected chi connectivity index (χ3v) is 5.53. The number of fused-ring (bicyclic) bond motifs is 1. The van der Waals surface area contributed by atoms with E-state index in [1.807, 2.05) is 6.08 Å². The highest BCUT2D eigenvalue weighted by atomic mass is 79.9. The fourth-order valence-electron chi connectivity index (χ4n) is 2.45. The van der Waals surface area contributed by atoms with Gasteiger partial charge in [0.15, 0.2) is 0 Å². The van der Waals surface area contributed by atoms with Gasteiger partial charge in [-0.05, 0) is 32.8 Å². The maximum atomic E-state index is 6.41. The van der Waals surface area contributed by atoms with Crippen LogP contribution in [0.4, 0.5) is 0 Å². The molecule has 2 rings (SSSR count). The molecule has 80 valence electrons. The minimum absolute atomic E-state index is 0.126. The zero-order valence-corrected chi connectivity index (χ0v) is 11.3. The lowest BCUT2D eigenvalue weighted by Crippen LogP contribution is -2.44. The van der Waals surface area contributed by atoms with E-state index in [0.717, 1.165) is 12.8 Å². The average Bonchev–Trinajstić information content (AvgIpc) is 2.53. The molecule has 0 amide bonds. The lowest BCUT2D eigenvalue weighted by molar-refractivity contribution is 0.284. The van der Waals surface area contributed by atoms with Gasteiger partial charge in [-0.2, -0.15) is 0 Å². The molecular formula is C10H13BrCl2O. The Morgan fingerprint density at radius 3 is 2.71 bits per heavy atom. The fraction of sp³-hybridized carbons (Fsp3) is 0.800. The average molecular weight is 300 g/mol. The monoisotopic (exact) mass is 298 g/mol. The van der Waals surface area contributed by atoms with Crippen LogP contribution in [0.2, 0.25) is 0 Å². The molecule has 4 atom stereocenters. The van der Waals surface area contributed by atoms with Gasteiger partial charge in [0.25, 0.3) is 0 Å². The second kappa shape index (κ2) is 3.13. The van der Waals surface area contributed by atoms with Gasteiger partial charge in [-0.25, -0.2) is 0 Å². The number of ether oxygens (including phenoxy) is 1. The minimum Gasteiger partial charge on any atom is -0.358 e. The molecule has 1 saturated heterocycles. The quantitative estimate of drug-likeness (QED) is 0.530. The topological polar surface area (TPSA) is 12.5 Å². The molecular weight excluding hydrogens is 287 g/mol. The van der Waals surface area contributed by atoms with Gasteiger partial charge in [0, 0.05) is 10.4 Å². The number of halogens is 3. The molecule has 2 aliphatic rings. The van der Waals surface area contributed by atoms with Crippen LogP contribution in [0.15, 0.2) is 11.6 Å². The van der Waals surface area contributed by atoms with Crippen molar-refractivity contribution in [2.24, 2.45) is 0 Å². The second-order valence-corrected chi connectivity index (χ2v) is 6.86. The van der Waals surface area contributed by atoms with E-state index >= 15 is 0 Å². The molecule has 4 unspecified atom stereocenters. The van der Waals surface area contributed by atoms with Gasteiger partial charge in [-0.15, -0.1) is 11.6 Å². The molecule has 4 heteroatoms. The molecule has 1 heterocycles. The first-order valence-corrected chi connectivity index (χ1v) is 6.39. The molecule has 0 aromatic rings. The van der Waals surface area contributed by atoms with Gasteiger partial charge in [0.1, 0.15) is 11.2 Å². The summed E-state index contributed by atoms with van der Waals surface area (Å²) in [5.74, 6) is 0. The molecule has 2 fully saturated rings. The Labute approximate surface area is 103 Å². The highest BCUT2D eigenvalue weighted by molar-refractivity contribution is 9.09. The molecule has 0 N–H and O–H groups in total. The Hall–Kier alpha value is 0.760. The number of hydrogen-bond donors (Lipinski definition) is 0. The lowest BCUT2D eigenvalue weighted by atomic mass is 9.75. The molecule has 1 aliphatic heterocycles. The van der Waals surface area contributed by atoms with E-state index in [9.17, 15) is 0 Å². The third kappa shape index (κ3) is 1.46. The van der Waals surface area contributed by atoms with Gasteiger partial charge >= 0.3 is 0 Å². The maximum absolute atomic E-state index is 6.41. The summed E-state index contributed by atoms with van der Waals surface area (Å²) in [6.45, 7) is 4.15. The number of rotatable bonds is 1. The Balaban J connectivity index is 2.24. The highest BCUT2D eigenvalue weighted by Gasteiger charge is 2.71. The molecule has 0 spiro atoms. The van der Waals surface area contributed by atoms with E-state index in [1.54, 1.807) is 5.54 Å². The van der Waals surface area contributed by atoms with Gasteiger partial charge in [0.05, 0.1) is 4.87 Å². The van der Waals surface area contributed by atoms with Gasteiger partial charge in [0.2, 0.25) is 0 Å². The predicted octanol–water partition coefficient (Wildman–Crippen LogP) is 3.82. The van der Waals surface area contributed by atoms with Crippen LogP contribution in [-0.4, -0.2) is 20.9 Å². The number of hydrogen-bond acceptors (Lipinski definition) is 1. The van der Waals surface area contributed by atoms with Crippen molar-refractivity contribution >= 4 is 39.1 Å². The zero-order valence-electron chi connectivity index (χ0n) is 8.19. The van der Waals surface area contributed by atoms with Crippen molar-refractivity contribution in [2.45, 2.75) is 47.6 Å². The van der Waals surface area contributed by atoms with E-state index < -0.39 is 0 Å². The molecule has 0 radical (unpaired) electrons. The summed E-state index contributed by atoms with van der Waals surface area (Å²) in [7, 11) is 0. The van der Waals surface area contributed by atoms with E-state index in [4.69, 9.17) is 27.9 Å². The molecule has 0 bridgehead atoms. The van der Waals surface area contributed by atoms with Crippen molar-refractivity contribution in [3.05, 3.63) is 11.6 Å². The smallest absolute Gasteiger partial charge is 0.118 e. The van der Waals surface area contributed by atoms with Crippen molar-refractivity contribution in [3.63, 3.8) is 0 Å². The van der Waals surface area contributed by atoms with Crippen LogP contribution in [0.5, 0.6) is 0 Å². The molecule has 1 nitrogen and oxygen atoms in total. The largest absolute Gasteiger partial charge is 0.358 e. The zero-order chi connectivity index (χ0) is 10.6. The van der Waals surface area contributed by atoms with Crippen LogP contribution in [0, 0.1) is 0 Å². The third-order valence-electron chi connectivity index (χ3n) is 3.41. The highest BCUT2D eigenvalue weighted by Crippen LogP contribution is 2.63. The Morgan fingerprint density at radius 1 is 1.50 bits per heavy atom. The summed E-state index contributed by atoms with van der Waals surface area (Å²) in [6, 6.07) is 0. The summed E-state index contributed by atoms with van der Waals surface area (Å²) >= 11 is 15.7. The first-order chi connectivity index (χ1) is 6.35. The maximum Gasteiger partial charge on any atom is 0.118 e. The Morgan fingerprint density at radius 2 is 2.14 bits per heavy atom. The van der Waals surface area contributed by atoms with Crippen LogP contribution in [0.1, 0.15) is 26.7 Å². The van der Waals surface area contributed by atoms with Crippen LogP contribution in [0.3, 0.4) is 0 Å². The normalized spacial score (nSPS) is 57.4. The molecule has 0 aromatic heterocycles. The number of alkyl halides is 2. The fourth-order valence-corrected chi connectivity index (χ4v) is 3.63. The molecule has 1 aliphatic carbocycles. The van der Waals surface area contributed by atoms with Crippen molar-refractivity contribution in [2.75, 3.05) is 0 Å². The summed E-state index contributed by atoms with van der Waals surface area (Å²) in [6.07, 6.45) is 3.67. The summed E-state index contributed by atoms with van der Waals surface area (Å²) < 4.78 is 5.81.